The Hall–Kier alpha value is -1.70. The lowest BCUT2D eigenvalue weighted by Crippen LogP contribution is -2.28. The van der Waals surface area contributed by atoms with Crippen LogP contribution in [-0.4, -0.2) is 25.5 Å². The van der Waals surface area contributed by atoms with E-state index >= 15 is 0 Å². The van der Waals surface area contributed by atoms with E-state index < -0.39 is 16.0 Å². The molecule has 2 aliphatic carbocycles. The summed E-state index contributed by atoms with van der Waals surface area (Å²) in [5, 5.41) is 9.07. The van der Waals surface area contributed by atoms with Gasteiger partial charge in [-0.3, -0.25) is 0 Å². The van der Waals surface area contributed by atoms with Crippen LogP contribution in [0.25, 0.3) is 0 Å². The van der Waals surface area contributed by atoms with Crippen molar-refractivity contribution in [3.63, 3.8) is 0 Å². The van der Waals surface area contributed by atoms with Crippen molar-refractivity contribution in [1.29, 1.82) is 0 Å². The van der Waals surface area contributed by atoms with E-state index in [9.17, 15) is 13.2 Å². The van der Waals surface area contributed by atoms with Gasteiger partial charge in [-0.2, -0.15) is 0 Å². The Morgan fingerprint density at radius 3 is 2.78 bits per heavy atom. The number of nitrogens with one attached hydrogen (secondary N) is 1. The Morgan fingerprint density at radius 2 is 2.09 bits per heavy atom. The van der Waals surface area contributed by atoms with Crippen LogP contribution in [-0.2, 0) is 16.4 Å². The summed E-state index contributed by atoms with van der Waals surface area (Å²) in [7, 11) is -3.67. The van der Waals surface area contributed by atoms with E-state index in [-0.39, 0.29) is 21.0 Å². The van der Waals surface area contributed by atoms with Gasteiger partial charge in [0, 0.05) is 12.0 Å². The molecule has 5 nitrogen and oxygen atoms in total. The third-order valence-corrected chi connectivity index (χ3v) is 7.84. The molecule has 0 amide bonds. The summed E-state index contributed by atoms with van der Waals surface area (Å²) in [5.41, 5.74) is 3.01. The number of fused-ring (bicyclic) bond motifs is 3. The highest BCUT2D eigenvalue weighted by molar-refractivity contribution is 7.91. The second kappa shape index (κ2) is 4.90. The molecule has 2 aliphatic rings. The summed E-state index contributed by atoms with van der Waals surface area (Å²) in [6.45, 7) is 1.61. The van der Waals surface area contributed by atoms with E-state index in [1.165, 1.54) is 17.2 Å². The van der Waals surface area contributed by atoms with Gasteiger partial charge in [0.05, 0.1) is 0 Å². The van der Waals surface area contributed by atoms with Crippen molar-refractivity contribution in [2.24, 2.45) is 5.92 Å². The highest BCUT2D eigenvalue weighted by atomic mass is 32.2. The SMILES string of the molecule is Cc1cc(S(=O)(=O)N[C@@H]2[C@H]3Cc4ccccc4[C@H]32)sc1C(=O)O. The Morgan fingerprint density at radius 1 is 1.35 bits per heavy atom. The number of hydrogen-bond donors (Lipinski definition) is 2. The number of benzene rings is 1. The normalized spacial score (nSPS) is 25.0. The Kier molecular flexibility index (Phi) is 3.16. The fourth-order valence-electron chi connectivity index (χ4n) is 3.55. The standard InChI is InChI=1S/C16H15NO4S2/c1-8-6-12(22-15(8)16(18)19)23(20,21)17-14-11-7-9-4-2-3-5-10(9)13(11)14/h2-6,11,13-14,17H,7H2,1H3,(H,18,19)/t11-,13+,14+/m0/s1. The second-order valence-electron chi connectivity index (χ2n) is 6.12. The van der Waals surface area contributed by atoms with Crippen LogP contribution in [0.2, 0.25) is 0 Å². The average molecular weight is 349 g/mol. The zero-order chi connectivity index (χ0) is 16.4. The van der Waals surface area contributed by atoms with E-state index in [1.807, 2.05) is 12.1 Å². The van der Waals surface area contributed by atoms with Crippen LogP contribution in [0.1, 0.15) is 32.3 Å². The first-order valence-corrected chi connectivity index (χ1v) is 9.62. The Bertz CT molecular complexity index is 916. The molecule has 3 atom stereocenters. The summed E-state index contributed by atoms with van der Waals surface area (Å²) in [6.07, 6.45) is 0.901. The van der Waals surface area contributed by atoms with Crippen LogP contribution >= 0.6 is 11.3 Å². The molecule has 1 fully saturated rings. The van der Waals surface area contributed by atoms with Crippen LogP contribution in [0.3, 0.4) is 0 Å². The minimum Gasteiger partial charge on any atom is -0.477 e. The summed E-state index contributed by atoms with van der Waals surface area (Å²) < 4.78 is 27.9. The topological polar surface area (TPSA) is 83.5 Å². The number of carboxylic acid groups (broad SMARTS) is 1. The molecule has 1 saturated carbocycles. The lowest BCUT2D eigenvalue weighted by Gasteiger charge is -2.09. The molecule has 4 rings (SSSR count). The molecular formula is C16H15NO4S2. The molecular weight excluding hydrogens is 334 g/mol. The first kappa shape index (κ1) is 14.9. The van der Waals surface area contributed by atoms with Crippen LogP contribution in [0.4, 0.5) is 0 Å². The zero-order valence-electron chi connectivity index (χ0n) is 12.3. The largest absolute Gasteiger partial charge is 0.477 e. The van der Waals surface area contributed by atoms with Gasteiger partial charge in [-0.15, -0.1) is 11.3 Å². The maximum atomic E-state index is 12.5. The number of hydrogen-bond acceptors (Lipinski definition) is 4. The molecule has 0 unspecified atom stereocenters. The molecule has 1 aromatic heterocycles. The first-order chi connectivity index (χ1) is 10.9. The van der Waals surface area contributed by atoms with Gasteiger partial charge in [0.2, 0.25) is 10.0 Å². The molecule has 120 valence electrons. The molecule has 0 aliphatic heterocycles. The predicted molar refractivity (Wildman–Crippen MR) is 86.5 cm³/mol. The lowest BCUT2D eigenvalue weighted by atomic mass is 10.1. The van der Waals surface area contributed by atoms with E-state index in [1.54, 1.807) is 6.92 Å². The van der Waals surface area contributed by atoms with Gasteiger partial charge in [-0.25, -0.2) is 17.9 Å². The summed E-state index contributed by atoms with van der Waals surface area (Å²) in [5.74, 6) is -0.519. The number of carbonyl (C=O) groups is 1. The second-order valence-corrected chi connectivity index (χ2v) is 9.12. The molecule has 2 aromatic rings. The number of rotatable bonds is 4. The number of sulfonamides is 1. The van der Waals surface area contributed by atoms with Crippen molar-refractivity contribution in [1.82, 2.24) is 4.72 Å². The molecule has 0 saturated heterocycles. The molecule has 1 aromatic carbocycles. The van der Waals surface area contributed by atoms with Crippen molar-refractivity contribution in [2.75, 3.05) is 0 Å². The minimum atomic E-state index is -3.67. The number of carboxylic acids is 1. The molecule has 23 heavy (non-hydrogen) atoms. The fourth-order valence-corrected chi connectivity index (χ4v) is 6.25. The van der Waals surface area contributed by atoms with Gasteiger partial charge < -0.3 is 5.11 Å². The van der Waals surface area contributed by atoms with Crippen molar-refractivity contribution in [3.8, 4) is 0 Å². The first-order valence-electron chi connectivity index (χ1n) is 7.32. The summed E-state index contributed by atoms with van der Waals surface area (Å²) in [4.78, 5) is 11.2. The van der Waals surface area contributed by atoms with Crippen molar-refractivity contribution < 1.29 is 18.3 Å². The highest BCUT2D eigenvalue weighted by Gasteiger charge is 2.57. The van der Waals surface area contributed by atoms with Gasteiger partial charge in [-0.1, -0.05) is 24.3 Å². The molecule has 0 bridgehead atoms. The predicted octanol–water partition coefficient (Wildman–Crippen LogP) is 2.37. The van der Waals surface area contributed by atoms with E-state index in [0.29, 0.717) is 11.5 Å². The van der Waals surface area contributed by atoms with Crippen molar-refractivity contribution in [3.05, 3.63) is 51.9 Å². The summed E-state index contributed by atoms with van der Waals surface area (Å²) in [6, 6.07) is 9.49. The third-order valence-electron chi connectivity index (χ3n) is 4.68. The zero-order valence-corrected chi connectivity index (χ0v) is 13.9. The number of aromatic carboxylic acids is 1. The summed E-state index contributed by atoms with van der Waals surface area (Å²) >= 11 is 0.808. The van der Waals surface area contributed by atoms with Crippen molar-refractivity contribution in [2.45, 2.75) is 29.5 Å². The van der Waals surface area contributed by atoms with Crippen LogP contribution in [0.15, 0.2) is 34.5 Å². The van der Waals surface area contributed by atoms with Gasteiger partial charge in [0.15, 0.2) is 0 Å². The number of aryl methyl sites for hydroxylation is 1. The Labute approximate surface area is 138 Å². The lowest BCUT2D eigenvalue weighted by molar-refractivity contribution is 0.0701. The molecule has 0 spiro atoms. The molecule has 2 N–H and O–H groups in total. The van der Waals surface area contributed by atoms with Crippen LogP contribution < -0.4 is 4.72 Å². The van der Waals surface area contributed by atoms with Crippen molar-refractivity contribution >= 4 is 27.3 Å². The van der Waals surface area contributed by atoms with E-state index in [2.05, 4.69) is 16.9 Å². The molecule has 7 heteroatoms. The smallest absolute Gasteiger partial charge is 0.346 e. The van der Waals surface area contributed by atoms with Gasteiger partial charge >= 0.3 is 5.97 Å². The average Bonchev–Trinajstić information content (AvgIpc) is 2.87. The van der Waals surface area contributed by atoms with Crippen LogP contribution in [0, 0.1) is 12.8 Å². The number of thiophene rings is 1. The maximum Gasteiger partial charge on any atom is 0.346 e. The van der Waals surface area contributed by atoms with E-state index in [0.717, 1.165) is 17.8 Å². The Balaban J connectivity index is 1.57. The van der Waals surface area contributed by atoms with Gasteiger partial charge in [0.1, 0.15) is 9.09 Å². The maximum absolute atomic E-state index is 12.5. The molecule has 0 radical (unpaired) electrons. The van der Waals surface area contributed by atoms with Gasteiger partial charge in [0.25, 0.3) is 0 Å². The van der Waals surface area contributed by atoms with Crippen LogP contribution in [0.5, 0.6) is 0 Å². The molecule has 1 heterocycles. The third kappa shape index (κ3) is 2.31. The monoisotopic (exact) mass is 349 g/mol. The fraction of sp³-hybridized carbons (Fsp3) is 0.312. The van der Waals surface area contributed by atoms with E-state index in [4.69, 9.17) is 5.11 Å². The highest BCUT2D eigenvalue weighted by Crippen LogP contribution is 2.56. The minimum absolute atomic E-state index is 0.0747. The quantitative estimate of drug-likeness (QED) is 0.888. The van der Waals surface area contributed by atoms with Gasteiger partial charge in [-0.05, 0) is 42.0 Å².